The Hall–Kier alpha value is -2.14. The highest BCUT2D eigenvalue weighted by molar-refractivity contribution is 7.09. The summed E-state index contributed by atoms with van der Waals surface area (Å²) in [7, 11) is 0. The van der Waals surface area contributed by atoms with Gasteiger partial charge in [-0.05, 0) is 48.8 Å². The zero-order chi connectivity index (χ0) is 26.7. The number of nitrogens with one attached hydrogen (secondary N) is 2. The van der Waals surface area contributed by atoms with Crippen LogP contribution in [0.3, 0.4) is 0 Å². The van der Waals surface area contributed by atoms with Crippen molar-refractivity contribution >= 4 is 127 Å². The Bertz CT molecular complexity index is 1640. The van der Waals surface area contributed by atoms with Crippen molar-refractivity contribution < 1.29 is 0 Å². The maximum Gasteiger partial charge on any atom is 0.135 e. The molecular weight excluding hydrogens is 674 g/mol. The number of rotatable bonds is 10. The number of piperazine rings is 1. The molecule has 1 fully saturated rings. The molecule has 0 bridgehead atoms. The number of pyridine rings is 2. The minimum atomic E-state index is 0. The molecule has 1 saturated heterocycles. The third kappa shape index (κ3) is 7.80. The summed E-state index contributed by atoms with van der Waals surface area (Å²) >= 11 is 3.50. The van der Waals surface area contributed by atoms with Crippen LogP contribution < -0.4 is 10.6 Å². The van der Waals surface area contributed by atoms with Gasteiger partial charge in [-0.2, -0.15) is 22.7 Å². The second-order valence-electron chi connectivity index (χ2n) is 10.6. The van der Waals surface area contributed by atoms with Gasteiger partial charge in [0.2, 0.25) is 0 Å². The molecule has 1 aliphatic rings. The van der Waals surface area contributed by atoms with Gasteiger partial charge in [-0.1, -0.05) is 36.4 Å². The van der Waals surface area contributed by atoms with E-state index in [2.05, 4.69) is 90.5 Å². The Kier molecular flexibility index (Phi) is 14.0. The standard InChI is InChI=1S/C32H34N6S2.4ClH/c1-3-9-29-23(7-1)25-19-39-21-27(25)31(35-29)33-11-5-13-37-15-17-38(18-16-37)14-6-12-34-32-28-22-40-20-26(28)24-8-2-4-10-30(24)36-32;;;;/h1-4,7-10,19-22H,5-6,11-18H2,(H,33,35)(H,34,36);4*1H. The number of para-hydroxylation sites is 2. The molecule has 2 N–H and O–H groups in total. The van der Waals surface area contributed by atoms with Gasteiger partial charge in [0.05, 0.1) is 11.0 Å². The molecule has 0 amide bonds. The fourth-order valence-electron chi connectivity index (χ4n) is 5.86. The van der Waals surface area contributed by atoms with Crippen molar-refractivity contribution in [2.75, 3.05) is 63.0 Å². The molecule has 1 aliphatic heterocycles. The summed E-state index contributed by atoms with van der Waals surface area (Å²) < 4.78 is 0. The van der Waals surface area contributed by atoms with Gasteiger partial charge in [0.1, 0.15) is 11.6 Å². The Labute approximate surface area is 291 Å². The highest BCUT2D eigenvalue weighted by Crippen LogP contribution is 2.33. The SMILES string of the molecule is Cl.Cl.Cl.Cl.c1ccc2c(c1)nc(NCCCN1CCN(CCCNc3nc4ccccc4c4cscc34)CC1)c1cscc12. The van der Waals surface area contributed by atoms with Gasteiger partial charge in [-0.15, -0.1) is 49.6 Å². The largest absolute Gasteiger partial charge is 0.369 e. The molecule has 5 heterocycles. The number of hydrogen-bond donors (Lipinski definition) is 2. The number of halogens is 4. The van der Waals surface area contributed by atoms with E-state index in [0.717, 1.165) is 87.9 Å². The summed E-state index contributed by atoms with van der Waals surface area (Å²) in [4.78, 5) is 15.0. The molecule has 2 aromatic carbocycles. The fourth-order valence-corrected chi connectivity index (χ4v) is 7.53. The maximum atomic E-state index is 4.92. The molecule has 0 spiro atoms. The maximum absolute atomic E-state index is 4.92. The first-order valence-corrected chi connectivity index (χ1v) is 16.1. The van der Waals surface area contributed by atoms with Crippen molar-refractivity contribution in [2.45, 2.75) is 12.8 Å². The number of hydrogen-bond acceptors (Lipinski definition) is 8. The third-order valence-corrected chi connectivity index (χ3v) is 9.53. The van der Waals surface area contributed by atoms with Gasteiger partial charge < -0.3 is 20.4 Å². The lowest BCUT2D eigenvalue weighted by atomic mass is 10.1. The Morgan fingerprint density at radius 3 is 1.34 bits per heavy atom. The van der Waals surface area contributed by atoms with Crippen LogP contribution >= 0.6 is 72.3 Å². The minimum Gasteiger partial charge on any atom is -0.369 e. The van der Waals surface area contributed by atoms with Gasteiger partial charge in [0.25, 0.3) is 0 Å². The first-order valence-electron chi connectivity index (χ1n) is 14.3. The molecule has 0 saturated carbocycles. The van der Waals surface area contributed by atoms with Crippen LogP contribution in [0, 0.1) is 0 Å². The molecule has 6 aromatic rings. The van der Waals surface area contributed by atoms with Crippen LogP contribution in [-0.2, 0) is 0 Å². The Morgan fingerprint density at radius 1 is 0.523 bits per heavy atom. The first kappa shape index (κ1) is 36.3. The normalized spacial score (nSPS) is 13.6. The number of nitrogens with zero attached hydrogens (tertiary/aromatic N) is 4. The van der Waals surface area contributed by atoms with E-state index in [1.807, 2.05) is 0 Å². The second-order valence-corrected chi connectivity index (χ2v) is 12.1. The Morgan fingerprint density at radius 2 is 0.909 bits per heavy atom. The molecule has 0 unspecified atom stereocenters. The molecule has 236 valence electrons. The van der Waals surface area contributed by atoms with Gasteiger partial charge >= 0.3 is 0 Å². The average Bonchev–Trinajstić information content (AvgIpc) is 3.69. The number of thiophene rings is 2. The summed E-state index contributed by atoms with van der Waals surface area (Å²) in [5, 5.41) is 23.7. The monoisotopic (exact) mass is 710 g/mol. The summed E-state index contributed by atoms with van der Waals surface area (Å²) in [6.07, 6.45) is 2.25. The predicted molar refractivity (Wildman–Crippen MR) is 202 cm³/mol. The van der Waals surface area contributed by atoms with E-state index < -0.39 is 0 Å². The second kappa shape index (κ2) is 17.0. The molecular formula is C32H38Cl4N6S2. The molecule has 7 rings (SSSR count). The van der Waals surface area contributed by atoms with E-state index in [0.29, 0.717) is 0 Å². The highest BCUT2D eigenvalue weighted by atomic mass is 35.5. The lowest BCUT2D eigenvalue weighted by molar-refractivity contribution is 0.132. The van der Waals surface area contributed by atoms with E-state index in [9.17, 15) is 0 Å². The van der Waals surface area contributed by atoms with E-state index in [-0.39, 0.29) is 49.6 Å². The van der Waals surface area contributed by atoms with Gasteiger partial charge in [-0.3, -0.25) is 0 Å². The van der Waals surface area contributed by atoms with Crippen molar-refractivity contribution in [2.24, 2.45) is 0 Å². The molecule has 12 heteroatoms. The topological polar surface area (TPSA) is 56.3 Å². The van der Waals surface area contributed by atoms with Crippen LogP contribution in [0.15, 0.2) is 70.1 Å². The van der Waals surface area contributed by atoms with Crippen molar-refractivity contribution in [1.82, 2.24) is 19.8 Å². The molecule has 0 aliphatic carbocycles. The zero-order valence-corrected chi connectivity index (χ0v) is 29.1. The van der Waals surface area contributed by atoms with Crippen LogP contribution in [0.5, 0.6) is 0 Å². The smallest absolute Gasteiger partial charge is 0.135 e. The fraction of sp³-hybridized carbons (Fsp3) is 0.312. The number of fused-ring (bicyclic) bond motifs is 6. The number of anilines is 2. The van der Waals surface area contributed by atoms with Crippen LogP contribution in [0.1, 0.15) is 12.8 Å². The van der Waals surface area contributed by atoms with Crippen LogP contribution in [-0.4, -0.2) is 72.1 Å². The lowest BCUT2D eigenvalue weighted by Gasteiger charge is -2.34. The molecule has 44 heavy (non-hydrogen) atoms. The van der Waals surface area contributed by atoms with E-state index in [1.54, 1.807) is 22.7 Å². The predicted octanol–water partition coefficient (Wildman–Crippen LogP) is 8.82. The third-order valence-electron chi connectivity index (χ3n) is 8.04. The van der Waals surface area contributed by atoms with Crippen molar-refractivity contribution in [3.8, 4) is 0 Å². The van der Waals surface area contributed by atoms with E-state index in [4.69, 9.17) is 9.97 Å². The van der Waals surface area contributed by atoms with Gasteiger partial charge in [0, 0.05) is 82.3 Å². The minimum absolute atomic E-state index is 0. The highest BCUT2D eigenvalue weighted by Gasteiger charge is 2.16. The molecule has 4 aromatic heterocycles. The quantitative estimate of drug-likeness (QED) is 0.139. The Balaban J connectivity index is 0.00000132. The van der Waals surface area contributed by atoms with E-state index >= 15 is 0 Å². The van der Waals surface area contributed by atoms with Crippen molar-refractivity contribution in [3.63, 3.8) is 0 Å². The molecule has 6 nitrogen and oxygen atoms in total. The first-order chi connectivity index (χ1) is 19.8. The molecule has 0 radical (unpaired) electrons. The average molecular weight is 713 g/mol. The van der Waals surface area contributed by atoms with Crippen molar-refractivity contribution in [1.29, 1.82) is 0 Å². The summed E-state index contributed by atoms with van der Waals surface area (Å²) in [5.41, 5.74) is 2.13. The van der Waals surface area contributed by atoms with Crippen molar-refractivity contribution in [3.05, 3.63) is 70.1 Å². The summed E-state index contributed by atoms with van der Waals surface area (Å²) in [6.45, 7) is 8.76. The lowest BCUT2D eigenvalue weighted by Crippen LogP contribution is -2.47. The van der Waals surface area contributed by atoms with Gasteiger partial charge in [-0.25, -0.2) is 9.97 Å². The van der Waals surface area contributed by atoms with Crippen LogP contribution in [0.25, 0.3) is 43.4 Å². The zero-order valence-electron chi connectivity index (χ0n) is 24.2. The number of aromatic nitrogens is 2. The van der Waals surface area contributed by atoms with E-state index in [1.165, 1.54) is 32.3 Å². The number of benzene rings is 2. The van der Waals surface area contributed by atoms with Crippen LogP contribution in [0.4, 0.5) is 11.6 Å². The summed E-state index contributed by atoms with van der Waals surface area (Å²) in [6, 6.07) is 16.9. The van der Waals surface area contributed by atoms with Gasteiger partial charge in [0.15, 0.2) is 0 Å². The molecule has 0 atom stereocenters. The van der Waals surface area contributed by atoms with Crippen LogP contribution in [0.2, 0.25) is 0 Å². The summed E-state index contributed by atoms with van der Waals surface area (Å²) in [5.74, 6) is 2.04.